The summed E-state index contributed by atoms with van der Waals surface area (Å²) in [6.07, 6.45) is 4.60. The van der Waals surface area contributed by atoms with Crippen LogP contribution in [0, 0.1) is 6.92 Å². The smallest absolute Gasteiger partial charge is 0.243 e. The molecular formula is C19H29N3O3S. The molecule has 6 nitrogen and oxygen atoms in total. The van der Waals surface area contributed by atoms with Gasteiger partial charge in [-0.25, -0.2) is 8.42 Å². The number of sulfonamides is 1. The molecule has 0 aromatic heterocycles. The summed E-state index contributed by atoms with van der Waals surface area (Å²) in [7, 11) is -3.45. The first kappa shape index (κ1) is 19.3. The highest BCUT2D eigenvalue weighted by Crippen LogP contribution is 2.19. The van der Waals surface area contributed by atoms with Crippen molar-refractivity contribution in [2.75, 3.05) is 45.8 Å². The molecule has 1 amide bonds. The normalized spacial score (nSPS) is 20.7. The number of likely N-dealkylation sites (tertiary alicyclic amines) is 1. The third kappa shape index (κ3) is 4.64. The van der Waals surface area contributed by atoms with Crippen molar-refractivity contribution in [2.45, 2.75) is 37.5 Å². The molecule has 7 heteroatoms. The van der Waals surface area contributed by atoms with E-state index < -0.39 is 10.0 Å². The van der Waals surface area contributed by atoms with E-state index in [0.29, 0.717) is 37.6 Å². The second-order valence-corrected chi connectivity index (χ2v) is 9.23. The van der Waals surface area contributed by atoms with E-state index in [1.165, 1.54) is 17.1 Å². The van der Waals surface area contributed by atoms with Crippen molar-refractivity contribution < 1.29 is 13.2 Å². The van der Waals surface area contributed by atoms with Crippen LogP contribution < -0.4 is 0 Å². The summed E-state index contributed by atoms with van der Waals surface area (Å²) in [6.45, 7) is 6.09. The number of nitrogens with zero attached hydrogens (tertiary/aromatic N) is 3. The summed E-state index contributed by atoms with van der Waals surface area (Å²) in [5.41, 5.74) is 0.938. The Morgan fingerprint density at radius 3 is 2.23 bits per heavy atom. The lowest BCUT2D eigenvalue weighted by atomic mass is 10.2. The first-order valence-electron chi connectivity index (χ1n) is 9.54. The van der Waals surface area contributed by atoms with Crippen LogP contribution >= 0.6 is 0 Å². The standard InChI is InChI=1S/C19H29N3O3S/c1-17-7-6-8-18(15-17)26(24,25)22-13-11-20(12-14-22)16-19(23)21-9-4-2-3-5-10-21/h6-8,15H,2-5,9-14,16H2,1H3. The molecule has 0 atom stereocenters. The van der Waals surface area contributed by atoms with Gasteiger partial charge in [0.25, 0.3) is 0 Å². The van der Waals surface area contributed by atoms with Crippen LogP contribution in [0.2, 0.25) is 0 Å². The number of hydrogen-bond acceptors (Lipinski definition) is 4. The first-order valence-corrected chi connectivity index (χ1v) is 11.0. The van der Waals surface area contributed by atoms with Gasteiger partial charge in [-0.3, -0.25) is 9.69 Å². The molecule has 0 spiro atoms. The predicted octanol–water partition coefficient (Wildman–Crippen LogP) is 1.70. The highest BCUT2D eigenvalue weighted by atomic mass is 32.2. The molecule has 1 aromatic carbocycles. The van der Waals surface area contributed by atoms with Gasteiger partial charge in [-0.15, -0.1) is 0 Å². The van der Waals surface area contributed by atoms with Gasteiger partial charge in [0.2, 0.25) is 15.9 Å². The third-order valence-corrected chi connectivity index (χ3v) is 7.17. The average Bonchev–Trinajstić information content (AvgIpc) is 2.92. The molecule has 0 saturated carbocycles. The minimum atomic E-state index is -3.45. The Hall–Kier alpha value is -1.44. The minimum Gasteiger partial charge on any atom is -0.342 e. The number of carbonyl (C=O) groups excluding carboxylic acids is 1. The van der Waals surface area contributed by atoms with Crippen molar-refractivity contribution in [3.05, 3.63) is 29.8 Å². The molecule has 0 unspecified atom stereocenters. The van der Waals surface area contributed by atoms with Gasteiger partial charge in [-0.2, -0.15) is 4.31 Å². The van der Waals surface area contributed by atoms with E-state index in [1.54, 1.807) is 18.2 Å². The molecule has 2 aliphatic rings. The number of benzene rings is 1. The molecule has 0 aliphatic carbocycles. The summed E-state index contributed by atoms with van der Waals surface area (Å²) >= 11 is 0. The van der Waals surface area contributed by atoms with E-state index >= 15 is 0 Å². The molecule has 0 radical (unpaired) electrons. The second kappa shape index (κ2) is 8.50. The minimum absolute atomic E-state index is 0.182. The van der Waals surface area contributed by atoms with Crippen LogP contribution in [-0.2, 0) is 14.8 Å². The molecule has 1 aromatic rings. The lowest BCUT2D eigenvalue weighted by molar-refractivity contribution is -0.132. The molecule has 0 N–H and O–H groups in total. The molecule has 144 valence electrons. The van der Waals surface area contributed by atoms with Crippen LogP contribution in [-0.4, -0.2) is 74.2 Å². The predicted molar refractivity (Wildman–Crippen MR) is 101 cm³/mol. The number of rotatable bonds is 4. The van der Waals surface area contributed by atoms with Gasteiger partial charge < -0.3 is 4.90 Å². The third-order valence-electron chi connectivity index (χ3n) is 5.28. The Kier molecular flexibility index (Phi) is 6.32. The van der Waals surface area contributed by atoms with E-state index in [2.05, 4.69) is 4.90 Å². The summed E-state index contributed by atoms with van der Waals surface area (Å²) < 4.78 is 27.1. The fourth-order valence-corrected chi connectivity index (χ4v) is 5.19. The maximum atomic E-state index is 12.8. The Labute approximate surface area is 156 Å². The van der Waals surface area contributed by atoms with Crippen LogP contribution in [0.3, 0.4) is 0 Å². The van der Waals surface area contributed by atoms with E-state index in [9.17, 15) is 13.2 Å². The van der Waals surface area contributed by atoms with Crippen molar-refractivity contribution in [2.24, 2.45) is 0 Å². The van der Waals surface area contributed by atoms with E-state index in [4.69, 9.17) is 0 Å². The Bertz CT molecular complexity index is 719. The van der Waals surface area contributed by atoms with Gasteiger partial charge in [0.05, 0.1) is 11.4 Å². The fourth-order valence-electron chi connectivity index (χ4n) is 3.66. The highest BCUT2D eigenvalue weighted by Gasteiger charge is 2.29. The summed E-state index contributed by atoms with van der Waals surface area (Å²) in [4.78, 5) is 16.9. The van der Waals surface area contributed by atoms with Crippen molar-refractivity contribution in [3.8, 4) is 0 Å². The van der Waals surface area contributed by atoms with Gasteiger partial charge in [0.1, 0.15) is 0 Å². The molecule has 26 heavy (non-hydrogen) atoms. The molecule has 2 saturated heterocycles. The zero-order chi connectivity index (χ0) is 18.6. The topological polar surface area (TPSA) is 60.9 Å². The highest BCUT2D eigenvalue weighted by molar-refractivity contribution is 7.89. The molecular weight excluding hydrogens is 350 g/mol. The van der Waals surface area contributed by atoms with Gasteiger partial charge in [-0.1, -0.05) is 25.0 Å². The summed E-state index contributed by atoms with van der Waals surface area (Å²) in [6, 6.07) is 7.03. The van der Waals surface area contributed by atoms with Crippen molar-refractivity contribution in [3.63, 3.8) is 0 Å². The Morgan fingerprint density at radius 1 is 0.962 bits per heavy atom. The largest absolute Gasteiger partial charge is 0.342 e. The summed E-state index contributed by atoms with van der Waals surface area (Å²) in [5.74, 6) is 0.182. The molecule has 2 aliphatic heterocycles. The van der Waals surface area contributed by atoms with E-state index in [0.717, 1.165) is 31.5 Å². The van der Waals surface area contributed by atoms with Crippen molar-refractivity contribution >= 4 is 15.9 Å². The molecule has 2 fully saturated rings. The zero-order valence-electron chi connectivity index (χ0n) is 15.6. The van der Waals surface area contributed by atoms with Crippen molar-refractivity contribution in [1.29, 1.82) is 0 Å². The second-order valence-electron chi connectivity index (χ2n) is 7.29. The SMILES string of the molecule is Cc1cccc(S(=O)(=O)N2CCN(CC(=O)N3CCCCCC3)CC2)c1. The van der Waals surface area contributed by atoms with E-state index in [1.807, 2.05) is 17.9 Å². The van der Waals surface area contributed by atoms with Crippen molar-refractivity contribution in [1.82, 2.24) is 14.1 Å². The number of hydrogen-bond donors (Lipinski definition) is 0. The van der Waals surface area contributed by atoms with Gasteiger partial charge in [0, 0.05) is 39.3 Å². The number of piperazine rings is 1. The fraction of sp³-hybridized carbons (Fsp3) is 0.632. The maximum absolute atomic E-state index is 12.8. The number of aryl methyl sites for hydroxylation is 1. The van der Waals surface area contributed by atoms with Gasteiger partial charge in [0.15, 0.2) is 0 Å². The van der Waals surface area contributed by atoms with E-state index in [-0.39, 0.29) is 5.91 Å². The zero-order valence-corrected chi connectivity index (χ0v) is 16.4. The van der Waals surface area contributed by atoms with Gasteiger partial charge >= 0.3 is 0 Å². The first-order chi connectivity index (χ1) is 12.5. The van der Waals surface area contributed by atoms with Crippen LogP contribution in [0.4, 0.5) is 0 Å². The lowest BCUT2D eigenvalue weighted by Crippen LogP contribution is -2.51. The molecule has 0 bridgehead atoms. The summed E-state index contributed by atoms with van der Waals surface area (Å²) in [5, 5.41) is 0. The number of amides is 1. The Balaban J connectivity index is 1.54. The lowest BCUT2D eigenvalue weighted by Gasteiger charge is -2.34. The quantitative estimate of drug-likeness (QED) is 0.799. The number of carbonyl (C=O) groups is 1. The van der Waals surface area contributed by atoms with Crippen LogP contribution in [0.5, 0.6) is 0 Å². The van der Waals surface area contributed by atoms with Crippen LogP contribution in [0.1, 0.15) is 31.2 Å². The van der Waals surface area contributed by atoms with Crippen LogP contribution in [0.25, 0.3) is 0 Å². The maximum Gasteiger partial charge on any atom is 0.243 e. The molecule has 3 rings (SSSR count). The Morgan fingerprint density at radius 2 is 1.62 bits per heavy atom. The average molecular weight is 380 g/mol. The van der Waals surface area contributed by atoms with Gasteiger partial charge in [-0.05, 0) is 37.5 Å². The van der Waals surface area contributed by atoms with Crippen LogP contribution in [0.15, 0.2) is 29.2 Å². The monoisotopic (exact) mass is 379 g/mol. The molecule has 2 heterocycles.